The molecule has 0 unspecified atom stereocenters. The average molecular weight is 370 g/mol. The average Bonchev–Trinajstić information content (AvgIpc) is 3.18. The van der Waals surface area contributed by atoms with Crippen molar-refractivity contribution in [3.05, 3.63) is 94.5 Å². The first kappa shape index (κ1) is 18.0. The number of anilines is 2. The van der Waals surface area contributed by atoms with Gasteiger partial charge in [0.25, 0.3) is 11.8 Å². The Morgan fingerprint density at radius 3 is 2.32 bits per heavy atom. The molecule has 4 rings (SSSR count). The number of rotatable bonds is 4. The number of fused-ring (bicyclic) bond motifs is 1. The lowest BCUT2D eigenvalue weighted by Gasteiger charge is -2.12. The van der Waals surface area contributed by atoms with Gasteiger partial charge in [-0.15, -0.1) is 0 Å². The van der Waals surface area contributed by atoms with Crippen LogP contribution in [0.4, 0.5) is 11.4 Å². The highest BCUT2D eigenvalue weighted by atomic mass is 16.2. The minimum atomic E-state index is -0.195. The number of carbonyl (C=O) groups is 2. The van der Waals surface area contributed by atoms with Gasteiger partial charge in [0.15, 0.2) is 0 Å². The van der Waals surface area contributed by atoms with Crippen molar-refractivity contribution in [2.45, 2.75) is 26.2 Å². The highest BCUT2D eigenvalue weighted by Gasteiger charge is 2.14. The maximum absolute atomic E-state index is 12.7. The van der Waals surface area contributed by atoms with Gasteiger partial charge in [0.05, 0.1) is 0 Å². The zero-order valence-corrected chi connectivity index (χ0v) is 15.8. The van der Waals surface area contributed by atoms with E-state index in [-0.39, 0.29) is 11.8 Å². The van der Waals surface area contributed by atoms with Gasteiger partial charge in [0, 0.05) is 22.5 Å². The minimum absolute atomic E-state index is 0.187. The zero-order chi connectivity index (χ0) is 19.5. The fraction of sp³-hybridized carbons (Fsp3) is 0.167. The Kier molecular flexibility index (Phi) is 4.94. The summed E-state index contributed by atoms with van der Waals surface area (Å²) >= 11 is 0. The molecule has 0 heterocycles. The number of amides is 2. The molecule has 0 saturated heterocycles. The Bertz CT molecular complexity index is 1040. The van der Waals surface area contributed by atoms with Crippen LogP contribution in [0.3, 0.4) is 0 Å². The van der Waals surface area contributed by atoms with Crippen LogP contribution in [0, 0.1) is 6.92 Å². The number of carbonyl (C=O) groups excluding carboxylic acids is 2. The summed E-state index contributed by atoms with van der Waals surface area (Å²) in [6, 6.07) is 20.5. The van der Waals surface area contributed by atoms with Crippen molar-refractivity contribution >= 4 is 23.2 Å². The minimum Gasteiger partial charge on any atom is -0.322 e. The monoisotopic (exact) mass is 370 g/mol. The van der Waals surface area contributed by atoms with Crippen LogP contribution in [-0.4, -0.2) is 11.8 Å². The SMILES string of the molecule is Cc1ccc(C(=O)Nc2ccc3c(c2)CCC3)cc1NC(=O)c1ccccc1. The number of hydrogen-bond acceptors (Lipinski definition) is 2. The van der Waals surface area contributed by atoms with Crippen LogP contribution in [0.5, 0.6) is 0 Å². The van der Waals surface area contributed by atoms with Crippen molar-refractivity contribution in [2.75, 3.05) is 10.6 Å². The Morgan fingerprint density at radius 2 is 1.50 bits per heavy atom. The lowest BCUT2D eigenvalue weighted by atomic mass is 10.1. The van der Waals surface area contributed by atoms with E-state index >= 15 is 0 Å². The summed E-state index contributed by atoms with van der Waals surface area (Å²) in [5, 5.41) is 5.87. The van der Waals surface area contributed by atoms with Crippen molar-refractivity contribution in [1.82, 2.24) is 0 Å². The summed E-state index contributed by atoms with van der Waals surface area (Å²) in [4.78, 5) is 25.1. The molecule has 0 aliphatic heterocycles. The predicted octanol–water partition coefficient (Wildman–Crippen LogP) is 4.99. The summed E-state index contributed by atoms with van der Waals surface area (Å²) in [6.45, 7) is 1.91. The third-order valence-electron chi connectivity index (χ3n) is 5.14. The molecule has 28 heavy (non-hydrogen) atoms. The summed E-state index contributed by atoms with van der Waals surface area (Å²) in [6.07, 6.45) is 3.36. The van der Waals surface area contributed by atoms with Gasteiger partial charge < -0.3 is 10.6 Å². The van der Waals surface area contributed by atoms with Crippen molar-refractivity contribution in [3.8, 4) is 0 Å². The third-order valence-corrected chi connectivity index (χ3v) is 5.14. The lowest BCUT2D eigenvalue weighted by molar-refractivity contribution is 0.101. The Morgan fingerprint density at radius 1 is 0.750 bits per heavy atom. The van der Waals surface area contributed by atoms with Crippen LogP contribution in [0.25, 0.3) is 0 Å². The summed E-state index contributed by atoms with van der Waals surface area (Å²) < 4.78 is 0. The fourth-order valence-electron chi connectivity index (χ4n) is 3.53. The first-order valence-corrected chi connectivity index (χ1v) is 9.50. The van der Waals surface area contributed by atoms with Crippen LogP contribution in [0.1, 0.15) is 43.8 Å². The number of aryl methyl sites for hydroxylation is 3. The normalized spacial score (nSPS) is 12.3. The molecule has 2 amide bonds. The third kappa shape index (κ3) is 3.81. The lowest BCUT2D eigenvalue weighted by Crippen LogP contribution is -2.15. The van der Waals surface area contributed by atoms with Crippen LogP contribution < -0.4 is 10.6 Å². The maximum atomic E-state index is 12.7. The molecule has 0 spiro atoms. The fourth-order valence-corrected chi connectivity index (χ4v) is 3.53. The second-order valence-electron chi connectivity index (χ2n) is 7.14. The Labute approximate surface area is 164 Å². The van der Waals surface area contributed by atoms with Gasteiger partial charge in [0.1, 0.15) is 0 Å². The first-order chi connectivity index (χ1) is 13.6. The van der Waals surface area contributed by atoms with Crippen molar-refractivity contribution in [1.29, 1.82) is 0 Å². The predicted molar refractivity (Wildman–Crippen MR) is 112 cm³/mol. The van der Waals surface area contributed by atoms with Gasteiger partial charge in [-0.05, 0) is 79.3 Å². The van der Waals surface area contributed by atoms with Crippen LogP contribution in [-0.2, 0) is 12.8 Å². The molecule has 0 radical (unpaired) electrons. The zero-order valence-electron chi connectivity index (χ0n) is 15.8. The van der Waals surface area contributed by atoms with Crippen molar-refractivity contribution in [2.24, 2.45) is 0 Å². The van der Waals surface area contributed by atoms with Crippen LogP contribution in [0.2, 0.25) is 0 Å². The van der Waals surface area contributed by atoms with E-state index in [0.29, 0.717) is 16.8 Å². The molecule has 3 aromatic carbocycles. The molecule has 2 N–H and O–H groups in total. The molecule has 0 atom stereocenters. The van der Waals surface area contributed by atoms with E-state index in [1.807, 2.05) is 37.3 Å². The molecule has 4 nitrogen and oxygen atoms in total. The van der Waals surface area contributed by atoms with Crippen molar-refractivity contribution in [3.63, 3.8) is 0 Å². The molecule has 4 heteroatoms. The quantitative estimate of drug-likeness (QED) is 0.680. The second-order valence-corrected chi connectivity index (χ2v) is 7.14. The summed E-state index contributed by atoms with van der Waals surface area (Å²) in [5.74, 6) is -0.381. The van der Waals surface area contributed by atoms with Gasteiger partial charge in [0.2, 0.25) is 0 Å². The van der Waals surface area contributed by atoms with E-state index in [9.17, 15) is 9.59 Å². The Balaban J connectivity index is 1.51. The molecule has 0 saturated carbocycles. The van der Waals surface area contributed by atoms with E-state index in [0.717, 1.165) is 24.1 Å². The van der Waals surface area contributed by atoms with E-state index in [1.54, 1.807) is 24.3 Å². The van der Waals surface area contributed by atoms with E-state index in [1.165, 1.54) is 17.5 Å². The number of nitrogens with one attached hydrogen (secondary N) is 2. The van der Waals surface area contributed by atoms with Crippen molar-refractivity contribution < 1.29 is 9.59 Å². The van der Waals surface area contributed by atoms with Gasteiger partial charge in [-0.2, -0.15) is 0 Å². The van der Waals surface area contributed by atoms with Crippen LogP contribution >= 0.6 is 0 Å². The smallest absolute Gasteiger partial charge is 0.255 e. The van der Waals surface area contributed by atoms with Gasteiger partial charge >= 0.3 is 0 Å². The van der Waals surface area contributed by atoms with E-state index < -0.39 is 0 Å². The number of benzene rings is 3. The molecule has 1 aliphatic rings. The molecular weight excluding hydrogens is 348 g/mol. The highest BCUT2D eigenvalue weighted by molar-refractivity contribution is 6.07. The largest absolute Gasteiger partial charge is 0.322 e. The summed E-state index contributed by atoms with van der Waals surface area (Å²) in [5.41, 5.74) is 6.12. The number of hydrogen-bond donors (Lipinski definition) is 2. The Hall–Kier alpha value is -3.40. The second kappa shape index (κ2) is 7.69. The molecule has 0 fully saturated rings. The summed E-state index contributed by atoms with van der Waals surface area (Å²) in [7, 11) is 0. The van der Waals surface area contributed by atoms with Gasteiger partial charge in [-0.3, -0.25) is 9.59 Å². The molecular formula is C24H22N2O2. The molecule has 3 aromatic rings. The van der Waals surface area contributed by atoms with Gasteiger partial charge in [-0.1, -0.05) is 30.3 Å². The standard InChI is InChI=1S/C24H22N2O2/c1-16-10-11-20(15-22(16)26-23(27)18-6-3-2-4-7-18)24(28)25-21-13-12-17-8-5-9-19(17)14-21/h2-4,6-7,10-15H,5,8-9H2,1H3,(H,25,28)(H,26,27). The van der Waals surface area contributed by atoms with Gasteiger partial charge in [-0.25, -0.2) is 0 Å². The maximum Gasteiger partial charge on any atom is 0.255 e. The van der Waals surface area contributed by atoms with Crippen LogP contribution in [0.15, 0.2) is 66.7 Å². The highest BCUT2D eigenvalue weighted by Crippen LogP contribution is 2.25. The van der Waals surface area contributed by atoms with E-state index in [2.05, 4.69) is 22.8 Å². The molecule has 0 bridgehead atoms. The molecule has 1 aliphatic carbocycles. The topological polar surface area (TPSA) is 58.2 Å². The van der Waals surface area contributed by atoms with E-state index in [4.69, 9.17) is 0 Å². The first-order valence-electron chi connectivity index (χ1n) is 9.50. The molecule has 140 valence electrons. The molecule has 0 aromatic heterocycles.